The largest absolute Gasteiger partial charge is 0.313 e. The molecule has 116 valence electrons. The highest BCUT2D eigenvalue weighted by Crippen LogP contribution is 2.39. The quantitative estimate of drug-likeness (QED) is 0.833. The van der Waals surface area contributed by atoms with Crippen molar-refractivity contribution in [3.8, 4) is 0 Å². The molecule has 2 aliphatic carbocycles. The van der Waals surface area contributed by atoms with E-state index in [1.54, 1.807) is 0 Å². The maximum absolute atomic E-state index is 3.82. The lowest BCUT2D eigenvalue weighted by molar-refractivity contribution is 0.0319. The minimum atomic E-state index is 0.581. The monoisotopic (exact) mass is 279 g/mol. The number of nitrogens with zero attached hydrogens (tertiary/aromatic N) is 2. The van der Waals surface area contributed by atoms with Crippen molar-refractivity contribution in [3.05, 3.63) is 0 Å². The van der Waals surface area contributed by atoms with Gasteiger partial charge in [-0.1, -0.05) is 12.8 Å². The first-order valence-corrected chi connectivity index (χ1v) is 8.76. The summed E-state index contributed by atoms with van der Waals surface area (Å²) in [5.74, 6) is 0. The number of piperazine rings is 1. The zero-order chi connectivity index (χ0) is 14.2. The molecule has 0 spiro atoms. The van der Waals surface area contributed by atoms with Crippen LogP contribution in [0.3, 0.4) is 0 Å². The van der Waals surface area contributed by atoms with E-state index in [0.717, 1.165) is 6.04 Å². The number of likely N-dealkylation sites (N-methyl/N-ethyl adjacent to an activating group) is 1. The van der Waals surface area contributed by atoms with Gasteiger partial charge in [0.1, 0.15) is 0 Å². The van der Waals surface area contributed by atoms with Gasteiger partial charge in [-0.05, 0) is 52.0 Å². The van der Waals surface area contributed by atoms with Crippen molar-refractivity contribution in [2.75, 3.05) is 33.2 Å². The lowest BCUT2D eigenvalue weighted by Crippen LogP contribution is -2.57. The molecule has 3 nitrogen and oxygen atoms in total. The molecule has 3 heteroatoms. The average Bonchev–Trinajstić information content (AvgIpc) is 3.14. The third-order valence-corrected chi connectivity index (χ3v) is 6.00. The number of hydrogen-bond donors (Lipinski definition) is 1. The van der Waals surface area contributed by atoms with E-state index < -0.39 is 0 Å². The lowest BCUT2D eigenvalue weighted by Gasteiger charge is -2.45. The smallest absolute Gasteiger partial charge is 0.0195 e. The van der Waals surface area contributed by atoms with Crippen LogP contribution < -0.4 is 5.32 Å². The van der Waals surface area contributed by atoms with Crippen LogP contribution in [0.1, 0.15) is 52.4 Å². The molecule has 0 aromatic rings. The molecule has 1 aliphatic heterocycles. The van der Waals surface area contributed by atoms with Crippen molar-refractivity contribution >= 4 is 0 Å². The van der Waals surface area contributed by atoms with Gasteiger partial charge in [0, 0.05) is 44.3 Å². The van der Waals surface area contributed by atoms with Crippen LogP contribution in [0.4, 0.5) is 0 Å². The van der Waals surface area contributed by atoms with Crippen molar-refractivity contribution in [2.45, 2.75) is 70.5 Å². The molecule has 0 bridgehead atoms. The normalized spacial score (nSPS) is 35.5. The Morgan fingerprint density at radius 3 is 2.20 bits per heavy atom. The Kier molecular flexibility index (Phi) is 4.40. The van der Waals surface area contributed by atoms with Crippen molar-refractivity contribution < 1.29 is 0 Å². The molecule has 2 saturated carbocycles. The van der Waals surface area contributed by atoms with E-state index in [4.69, 9.17) is 0 Å². The van der Waals surface area contributed by atoms with Crippen LogP contribution in [-0.2, 0) is 0 Å². The zero-order valence-corrected chi connectivity index (χ0v) is 13.7. The predicted octanol–water partition coefficient (Wildman–Crippen LogP) is 2.32. The zero-order valence-electron chi connectivity index (χ0n) is 13.7. The van der Waals surface area contributed by atoms with E-state index in [9.17, 15) is 0 Å². The third-order valence-electron chi connectivity index (χ3n) is 6.00. The van der Waals surface area contributed by atoms with Crippen molar-refractivity contribution in [1.82, 2.24) is 15.1 Å². The van der Waals surface area contributed by atoms with Crippen molar-refractivity contribution in [3.63, 3.8) is 0 Å². The Bertz CT molecular complexity index is 308. The molecule has 2 atom stereocenters. The molecule has 3 rings (SSSR count). The lowest BCUT2D eigenvalue weighted by atomic mass is 9.84. The van der Waals surface area contributed by atoms with E-state index >= 15 is 0 Å². The highest BCUT2D eigenvalue weighted by Gasteiger charge is 2.38. The van der Waals surface area contributed by atoms with Gasteiger partial charge in [0.05, 0.1) is 0 Å². The number of hydrogen-bond acceptors (Lipinski definition) is 3. The summed E-state index contributed by atoms with van der Waals surface area (Å²) in [6, 6.07) is 2.26. The van der Waals surface area contributed by atoms with Crippen LogP contribution in [0.25, 0.3) is 0 Å². The molecule has 2 unspecified atom stereocenters. The minimum absolute atomic E-state index is 0.581. The molecule has 0 aromatic heterocycles. The summed E-state index contributed by atoms with van der Waals surface area (Å²) in [6.45, 7) is 9.87. The van der Waals surface area contributed by atoms with E-state index in [0.29, 0.717) is 17.5 Å². The van der Waals surface area contributed by atoms with Crippen LogP contribution >= 0.6 is 0 Å². The first-order chi connectivity index (χ1) is 9.58. The second kappa shape index (κ2) is 5.94. The predicted molar refractivity (Wildman–Crippen MR) is 85.1 cm³/mol. The average molecular weight is 279 g/mol. The van der Waals surface area contributed by atoms with Gasteiger partial charge in [0.15, 0.2) is 0 Å². The Hall–Kier alpha value is -0.120. The highest BCUT2D eigenvalue weighted by atomic mass is 15.3. The molecule has 3 fully saturated rings. The molecule has 0 radical (unpaired) electrons. The fraction of sp³-hybridized carbons (Fsp3) is 1.00. The van der Waals surface area contributed by atoms with Crippen LogP contribution in [0.5, 0.6) is 0 Å². The SMILES string of the molecule is CC1CN(CC2(CNC3CC3)CCCC2)CC(C)N1C. The summed E-state index contributed by atoms with van der Waals surface area (Å²) < 4.78 is 0. The molecule has 0 aromatic carbocycles. The fourth-order valence-electron chi connectivity index (χ4n) is 4.28. The van der Waals surface area contributed by atoms with E-state index in [-0.39, 0.29) is 0 Å². The van der Waals surface area contributed by atoms with E-state index in [1.165, 1.54) is 64.7 Å². The first kappa shape index (κ1) is 14.8. The first-order valence-electron chi connectivity index (χ1n) is 8.76. The Labute approximate surface area is 125 Å². The van der Waals surface area contributed by atoms with E-state index in [2.05, 4.69) is 36.0 Å². The summed E-state index contributed by atoms with van der Waals surface area (Å²) in [5, 5.41) is 3.82. The van der Waals surface area contributed by atoms with Gasteiger partial charge in [-0.3, -0.25) is 9.80 Å². The topological polar surface area (TPSA) is 18.5 Å². The fourth-order valence-corrected chi connectivity index (χ4v) is 4.28. The molecular formula is C17H33N3. The van der Waals surface area contributed by atoms with Crippen LogP contribution in [0.2, 0.25) is 0 Å². The van der Waals surface area contributed by atoms with Gasteiger partial charge >= 0.3 is 0 Å². The molecule has 0 amide bonds. The highest BCUT2D eigenvalue weighted by molar-refractivity contribution is 4.94. The van der Waals surface area contributed by atoms with Crippen LogP contribution in [-0.4, -0.2) is 61.2 Å². The van der Waals surface area contributed by atoms with Gasteiger partial charge in [-0.25, -0.2) is 0 Å². The minimum Gasteiger partial charge on any atom is -0.313 e. The molecule has 1 heterocycles. The van der Waals surface area contributed by atoms with Gasteiger partial charge in [-0.15, -0.1) is 0 Å². The molecule has 1 N–H and O–H groups in total. The second-order valence-electron chi connectivity index (χ2n) is 7.92. The summed E-state index contributed by atoms with van der Waals surface area (Å²) >= 11 is 0. The number of rotatable bonds is 5. The molecular weight excluding hydrogens is 246 g/mol. The maximum Gasteiger partial charge on any atom is 0.0195 e. The van der Waals surface area contributed by atoms with Gasteiger partial charge in [0.25, 0.3) is 0 Å². The molecule has 20 heavy (non-hydrogen) atoms. The Morgan fingerprint density at radius 2 is 1.65 bits per heavy atom. The van der Waals surface area contributed by atoms with Gasteiger partial charge in [0.2, 0.25) is 0 Å². The number of nitrogens with one attached hydrogen (secondary N) is 1. The maximum atomic E-state index is 3.82. The Morgan fingerprint density at radius 1 is 1.05 bits per heavy atom. The summed E-state index contributed by atoms with van der Waals surface area (Å²) in [7, 11) is 2.28. The van der Waals surface area contributed by atoms with Crippen molar-refractivity contribution in [2.24, 2.45) is 5.41 Å². The van der Waals surface area contributed by atoms with Crippen LogP contribution in [0, 0.1) is 5.41 Å². The summed E-state index contributed by atoms with van der Waals surface area (Å²) in [6.07, 6.45) is 8.62. The van der Waals surface area contributed by atoms with Gasteiger partial charge < -0.3 is 5.32 Å². The third kappa shape index (κ3) is 3.37. The standard InChI is InChI=1S/C17H33N3/c1-14-10-20(11-15(2)19(14)3)13-17(8-4-5-9-17)12-18-16-6-7-16/h14-16,18H,4-13H2,1-3H3. The molecule has 1 saturated heterocycles. The Balaban J connectivity index is 1.58. The second-order valence-corrected chi connectivity index (χ2v) is 7.92. The van der Waals surface area contributed by atoms with Gasteiger partial charge in [-0.2, -0.15) is 0 Å². The van der Waals surface area contributed by atoms with Crippen LogP contribution in [0.15, 0.2) is 0 Å². The van der Waals surface area contributed by atoms with E-state index in [1.807, 2.05) is 0 Å². The summed E-state index contributed by atoms with van der Waals surface area (Å²) in [4.78, 5) is 5.30. The van der Waals surface area contributed by atoms with Crippen molar-refractivity contribution in [1.29, 1.82) is 0 Å². The summed E-state index contributed by atoms with van der Waals surface area (Å²) in [5.41, 5.74) is 0.581. The molecule has 3 aliphatic rings.